The number of rotatable bonds is 6. The maximum atomic E-state index is 13.2. The van der Waals surface area contributed by atoms with Gasteiger partial charge in [-0.3, -0.25) is 14.6 Å². The lowest BCUT2D eigenvalue weighted by Gasteiger charge is -2.27. The van der Waals surface area contributed by atoms with Crippen LogP contribution in [-0.4, -0.2) is 62.1 Å². The molecule has 1 saturated heterocycles. The second-order valence-electron chi connectivity index (χ2n) is 8.47. The van der Waals surface area contributed by atoms with Crippen molar-refractivity contribution in [1.82, 2.24) is 4.90 Å². The Labute approximate surface area is 161 Å². The number of hydrogen-bond acceptors (Lipinski definition) is 6. The largest absolute Gasteiger partial charge is 0.504 e. The van der Waals surface area contributed by atoms with Crippen molar-refractivity contribution in [2.24, 2.45) is 0 Å². The molecule has 2 atom stereocenters. The van der Waals surface area contributed by atoms with Crippen LogP contribution in [0.5, 0.6) is 11.5 Å². The molecule has 2 aliphatic heterocycles. The van der Waals surface area contributed by atoms with E-state index in [4.69, 9.17) is 9.47 Å². The number of fused-ring (bicyclic) bond motifs is 2. The summed E-state index contributed by atoms with van der Waals surface area (Å²) in [7, 11) is 0.234. The first kappa shape index (κ1) is 20.1. The SMILES string of the molecule is COc1cc2c(cc1O)N(COCC[Si](C)(C)C)C(=O)[C@@H]1CCCN1C2O. The first-order chi connectivity index (χ1) is 12.7. The Morgan fingerprint density at radius 1 is 1.30 bits per heavy atom. The van der Waals surface area contributed by atoms with Crippen molar-refractivity contribution in [3.05, 3.63) is 17.7 Å². The molecule has 150 valence electrons. The van der Waals surface area contributed by atoms with E-state index >= 15 is 0 Å². The molecule has 2 N–H and O–H groups in total. The van der Waals surface area contributed by atoms with Gasteiger partial charge in [-0.2, -0.15) is 0 Å². The summed E-state index contributed by atoms with van der Waals surface area (Å²) in [6.07, 6.45) is 0.652. The number of amides is 1. The number of ether oxygens (including phenoxy) is 2. The summed E-state index contributed by atoms with van der Waals surface area (Å²) in [5, 5.41) is 21.1. The number of aliphatic hydroxyl groups is 1. The predicted molar refractivity (Wildman–Crippen MR) is 106 cm³/mol. The molecular formula is C19H30N2O5Si. The van der Waals surface area contributed by atoms with Gasteiger partial charge in [0.25, 0.3) is 0 Å². The van der Waals surface area contributed by atoms with E-state index in [2.05, 4.69) is 19.6 Å². The molecule has 0 aliphatic carbocycles. The molecule has 0 spiro atoms. The third kappa shape index (κ3) is 4.13. The molecule has 0 radical (unpaired) electrons. The summed E-state index contributed by atoms with van der Waals surface area (Å²) in [4.78, 5) is 16.6. The van der Waals surface area contributed by atoms with Crippen LogP contribution in [0.15, 0.2) is 12.1 Å². The third-order valence-corrected chi connectivity index (χ3v) is 6.98. The van der Waals surface area contributed by atoms with E-state index in [-0.39, 0.29) is 30.2 Å². The zero-order valence-electron chi connectivity index (χ0n) is 16.6. The highest BCUT2D eigenvalue weighted by atomic mass is 28.3. The molecule has 2 heterocycles. The van der Waals surface area contributed by atoms with Gasteiger partial charge >= 0.3 is 0 Å². The number of carbonyl (C=O) groups excluding carboxylic acids is 1. The molecular weight excluding hydrogens is 364 g/mol. The van der Waals surface area contributed by atoms with Crippen molar-refractivity contribution in [2.75, 3.05) is 31.9 Å². The van der Waals surface area contributed by atoms with Crippen LogP contribution < -0.4 is 9.64 Å². The van der Waals surface area contributed by atoms with Crippen LogP contribution in [-0.2, 0) is 9.53 Å². The number of hydrogen-bond donors (Lipinski definition) is 2. The Kier molecular flexibility index (Phi) is 5.81. The quantitative estimate of drug-likeness (QED) is 0.570. The van der Waals surface area contributed by atoms with Gasteiger partial charge in [-0.1, -0.05) is 19.6 Å². The molecule has 0 saturated carbocycles. The number of benzene rings is 1. The van der Waals surface area contributed by atoms with Crippen molar-refractivity contribution in [2.45, 2.75) is 50.8 Å². The number of phenolic OH excluding ortho intramolecular Hbond substituents is 1. The Morgan fingerprint density at radius 2 is 2.04 bits per heavy atom. The highest BCUT2D eigenvalue weighted by Crippen LogP contribution is 2.43. The molecule has 27 heavy (non-hydrogen) atoms. The molecule has 0 aromatic heterocycles. The number of nitrogens with zero attached hydrogens (tertiary/aromatic N) is 2. The first-order valence-corrected chi connectivity index (χ1v) is 13.2. The van der Waals surface area contributed by atoms with Crippen LogP contribution in [0.25, 0.3) is 0 Å². The van der Waals surface area contributed by atoms with Crippen LogP contribution in [0.2, 0.25) is 25.7 Å². The summed E-state index contributed by atoms with van der Waals surface area (Å²) in [5.74, 6) is 0.116. The minimum atomic E-state index is -1.23. The van der Waals surface area contributed by atoms with Crippen LogP contribution in [0.4, 0.5) is 5.69 Å². The zero-order chi connectivity index (χ0) is 19.8. The summed E-state index contributed by atoms with van der Waals surface area (Å²) >= 11 is 0. The molecule has 1 aromatic rings. The van der Waals surface area contributed by atoms with E-state index in [9.17, 15) is 15.0 Å². The lowest BCUT2D eigenvalue weighted by atomic mass is 10.1. The summed E-state index contributed by atoms with van der Waals surface area (Å²) in [6, 6.07) is 3.73. The second-order valence-corrected chi connectivity index (χ2v) is 14.1. The number of anilines is 1. The molecule has 1 fully saturated rings. The predicted octanol–water partition coefficient (Wildman–Crippen LogP) is 2.52. The summed E-state index contributed by atoms with van der Waals surface area (Å²) in [6.45, 7) is 8.19. The lowest BCUT2D eigenvalue weighted by Crippen LogP contribution is -2.45. The number of carbonyl (C=O) groups is 1. The van der Waals surface area contributed by atoms with Gasteiger partial charge in [-0.05, 0) is 25.0 Å². The molecule has 0 bridgehead atoms. The Morgan fingerprint density at radius 3 is 2.70 bits per heavy atom. The van der Waals surface area contributed by atoms with E-state index in [1.165, 1.54) is 13.2 Å². The maximum absolute atomic E-state index is 13.2. The van der Waals surface area contributed by atoms with Crippen molar-refractivity contribution in [3.63, 3.8) is 0 Å². The zero-order valence-corrected chi connectivity index (χ0v) is 17.6. The molecule has 2 aliphatic rings. The highest BCUT2D eigenvalue weighted by molar-refractivity contribution is 6.76. The fraction of sp³-hybridized carbons (Fsp3) is 0.632. The van der Waals surface area contributed by atoms with Gasteiger partial charge in [0, 0.05) is 32.9 Å². The average Bonchev–Trinajstić information content (AvgIpc) is 3.06. The molecule has 1 amide bonds. The monoisotopic (exact) mass is 394 g/mol. The van der Waals surface area contributed by atoms with Gasteiger partial charge in [-0.25, -0.2) is 0 Å². The summed E-state index contributed by atoms with van der Waals surface area (Å²) < 4.78 is 11.0. The van der Waals surface area contributed by atoms with Crippen molar-refractivity contribution in [1.29, 1.82) is 0 Å². The normalized spacial score (nSPS) is 23.1. The Bertz CT molecular complexity index is 706. The third-order valence-electron chi connectivity index (χ3n) is 5.27. The fourth-order valence-corrected chi connectivity index (χ4v) is 4.43. The van der Waals surface area contributed by atoms with Gasteiger partial charge < -0.3 is 19.7 Å². The second kappa shape index (κ2) is 7.79. The molecule has 1 unspecified atom stereocenters. The van der Waals surface area contributed by atoms with Gasteiger partial charge in [0.15, 0.2) is 11.5 Å². The van der Waals surface area contributed by atoms with E-state index in [0.717, 1.165) is 12.5 Å². The van der Waals surface area contributed by atoms with Crippen LogP contribution in [0, 0.1) is 0 Å². The van der Waals surface area contributed by atoms with E-state index in [0.29, 0.717) is 30.8 Å². The van der Waals surface area contributed by atoms with E-state index in [1.54, 1.807) is 11.0 Å². The number of methoxy groups -OCH3 is 1. The topological polar surface area (TPSA) is 82.5 Å². The number of aliphatic hydroxyl groups excluding tert-OH is 1. The van der Waals surface area contributed by atoms with Crippen molar-refractivity contribution in [3.8, 4) is 11.5 Å². The minimum Gasteiger partial charge on any atom is -0.504 e. The summed E-state index contributed by atoms with van der Waals surface area (Å²) in [5.41, 5.74) is 1.03. The van der Waals surface area contributed by atoms with Crippen LogP contribution in [0.3, 0.4) is 0 Å². The highest BCUT2D eigenvalue weighted by Gasteiger charge is 2.43. The van der Waals surface area contributed by atoms with Crippen LogP contribution >= 0.6 is 0 Å². The molecule has 8 heteroatoms. The smallest absolute Gasteiger partial charge is 0.246 e. The Balaban J connectivity index is 1.92. The Hall–Kier alpha value is -1.61. The number of phenols is 1. The van der Waals surface area contributed by atoms with Crippen molar-refractivity contribution < 1.29 is 24.5 Å². The lowest BCUT2D eigenvalue weighted by molar-refractivity contribution is -0.127. The van der Waals surface area contributed by atoms with E-state index < -0.39 is 14.3 Å². The average molecular weight is 395 g/mol. The maximum Gasteiger partial charge on any atom is 0.246 e. The first-order valence-electron chi connectivity index (χ1n) is 9.47. The van der Waals surface area contributed by atoms with Crippen molar-refractivity contribution >= 4 is 19.7 Å². The van der Waals surface area contributed by atoms with Gasteiger partial charge in [0.1, 0.15) is 13.0 Å². The molecule has 3 rings (SSSR count). The number of aromatic hydroxyl groups is 1. The van der Waals surface area contributed by atoms with Gasteiger partial charge in [0.2, 0.25) is 5.91 Å². The standard InChI is InChI=1S/C19H30N2O5Si/c1-25-17-10-13-15(11-16(17)22)21(12-26-8-9-27(2,3)4)19(24)14-6-5-7-20(14)18(13)23/h10-11,14,18,22-23H,5-9,12H2,1-4H3/t14-,18?/m0/s1. The molecule has 1 aromatic carbocycles. The minimum absolute atomic E-state index is 0.0644. The molecule has 7 nitrogen and oxygen atoms in total. The van der Waals surface area contributed by atoms with Gasteiger partial charge in [-0.15, -0.1) is 0 Å². The van der Waals surface area contributed by atoms with Crippen LogP contribution in [0.1, 0.15) is 24.6 Å². The van der Waals surface area contributed by atoms with E-state index in [1.807, 2.05) is 4.90 Å². The van der Waals surface area contributed by atoms with Gasteiger partial charge in [0.05, 0.1) is 18.8 Å². The fourth-order valence-electron chi connectivity index (χ4n) is 3.67.